The molecular weight excluding hydrogens is 300 g/mol. The van der Waals surface area contributed by atoms with E-state index in [1.54, 1.807) is 11.3 Å². The maximum absolute atomic E-state index is 5.88. The van der Waals surface area contributed by atoms with E-state index in [0.29, 0.717) is 0 Å². The lowest BCUT2D eigenvalue weighted by Gasteiger charge is -2.03. The van der Waals surface area contributed by atoms with Gasteiger partial charge in [0.25, 0.3) is 0 Å². The van der Waals surface area contributed by atoms with Crippen LogP contribution in [0.1, 0.15) is 16.0 Å². The van der Waals surface area contributed by atoms with Gasteiger partial charge in [0.05, 0.1) is 0 Å². The average Bonchev–Trinajstić information content (AvgIpc) is 2.91. The molecule has 0 aliphatic rings. The number of hydrogen-bond acceptors (Lipinski definition) is 3. The fourth-order valence-corrected chi connectivity index (χ4v) is 3.08. The van der Waals surface area contributed by atoms with Crippen LogP contribution in [0.15, 0.2) is 54.7 Å². The van der Waals surface area contributed by atoms with Gasteiger partial charge in [-0.1, -0.05) is 35.9 Å². The average molecular weight is 315 g/mol. The van der Waals surface area contributed by atoms with E-state index in [9.17, 15) is 0 Å². The van der Waals surface area contributed by atoms with Crippen molar-refractivity contribution in [2.75, 3.05) is 5.32 Å². The van der Waals surface area contributed by atoms with Gasteiger partial charge in [-0.3, -0.25) is 0 Å². The molecule has 0 unspecified atom stereocenters. The van der Waals surface area contributed by atoms with Crippen LogP contribution < -0.4 is 5.32 Å². The largest absolute Gasteiger partial charge is 0.332 e. The minimum Gasteiger partial charge on any atom is -0.332 e. The van der Waals surface area contributed by atoms with Gasteiger partial charge >= 0.3 is 0 Å². The van der Waals surface area contributed by atoms with Gasteiger partial charge in [-0.25, -0.2) is 4.98 Å². The first-order valence-corrected chi connectivity index (χ1v) is 7.92. The van der Waals surface area contributed by atoms with E-state index >= 15 is 0 Å². The zero-order valence-corrected chi connectivity index (χ0v) is 13.2. The number of nitrogens with zero attached hydrogens (tertiary/aromatic N) is 1. The van der Waals surface area contributed by atoms with E-state index in [4.69, 9.17) is 11.6 Å². The molecule has 0 spiro atoms. The summed E-state index contributed by atoms with van der Waals surface area (Å²) in [5.41, 5.74) is 3.66. The molecule has 3 rings (SSSR count). The highest BCUT2D eigenvalue weighted by Gasteiger charge is 2.05. The number of halogens is 1. The third-order valence-electron chi connectivity index (χ3n) is 3.27. The van der Waals surface area contributed by atoms with Crippen molar-refractivity contribution in [2.45, 2.75) is 13.3 Å². The van der Waals surface area contributed by atoms with E-state index in [1.807, 2.05) is 30.5 Å². The molecule has 0 aliphatic heterocycles. The Morgan fingerprint density at radius 1 is 1.10 bits per heavy atom. The first kappa shape index (κ1) is 14.1. The predicted octanol–water partition coefficient (Wildman–Crippen LogP) is 5.44. The number of hydrogen-bond donors (Lipinski definition) is 1. The van der Waals surface area contributed by atoms with E-state index in [-0.39, 0.29) is 0 Å². The first-order chi connectivity index (χ1) is 10.2. The van der Waals surface area contributed by atoms with Gasteiger partial charge in [-0.05, 0) is 42.3 Å². The molecule has 106 valence electrons. The minimum absolute atomic E-state index is 0.736. The number of nitrogens with one attached hydrogen (secondary N) is 1. The maximum atomic E-state index is 5.88. The number of anilines is 2. The fourth-order valence-electron chi connectivity index (χ4n) is 2.10. The minimum atomic E-state index is 0.736. The Labute approximate surface area is 133 Å². The molecular formula is C17H15ClN2S. The van der Waals surface area contributed by atoms with Crippen molar-refractivity contribution in [3.8, 4) is 0 Å². The normalized spacial score (nSPS) is 10.6. The van der Waals surface area contributed by atoms with Crippen LogP contribution in [-0.2, 0) is 6.42 Å². The zero-order chi connectivity index (χ0) is 14.7. The van der Waals surface area contributed by atoms with Crippen LogP contribution in [0.4, 0.5) is 10.8 Å². The lowest BCUT2D eigenvalue weighted by molar-refractivity contribution is 1.18. The van der Waals surface area contributed by atoms with Gasteiger partial charge in [0.2, 0.25) is 0 Å². The Morgan fingerprint density at radius 2 is 1.86 bits per heavy atom. The van der Waals surface area contributed by atoms with Crippen molar-refractivity contribution in [1.82, 2.24) is 4.98 Å². The number of thiazole rings is 1. The van der Waals surface area contributed by atoms with Crippen LogP contribution in [0.25, 0.3) is 0 Å². The molecule has 0 aliphatic carbocycles. The molecule has 2 nitrogen and oxygen atoms in total. The molecule has 2 aromatic carbocycles. The molecule has 0 bridgehead atoms. The molecule has 4 heteroatoms. The van der Waals surface area contributed by atoms with Crippen LogP contribution in [0.3, 0.4) is 0 Å². The van der Waals surface area contributed by atoms with Crippen LogP contribution in [0, 0.1) is 6.92 Å². The number of aryl methyl sites for hydroxylation is 1. The fraction of sp³-hybridized carbons (Fsp3) is 0.118. The summed E-state index contributed by atoms with van der Waals surface area (Å²) in [5, 5.41) is 4.94. The van der Waals surface area contributed by atoms with Crippen molar-refractivity contribution < 1.29 is 0 Å². The van der Waals surface area contributed by atoms with Crippen molar-refractivity contribution >= 4 is 33.8 Å². The number of benzene rings is 2. The van der Waals surface area contributed by atoms with Crippen LogP contribution in [-0.4, -0.2) is 4.98 Å². The van der Waals surface area contributed by atoms with Gasteiger partial charge in [0.1, 0.15) is 0 Å². The Morgan fingerprint density at radius 3 is 2.62 bits per heavy atom. The highest BCUT2D eigenvalue weighted by atomic mass is 35.5. The molecule has 0 saturated carbocycles. The summed E-state index contributed by atoms with van der Waals surface area (Å²) in [5.74, 6) is 0. The zero-order valence-electron chi connectivity index (χ0n) is 11.6. The van der Waals surface area contributed by atoms with Gasteiger partial charge in [0.15, 0.2) is 5.13 Å². The van der Waals surface area contributed by atoms with Gasteiger partial charge in [0, 0.05) is 28.2 Å². The van der Waals surface area contributed by atoms with Crippen LogP contribution in [0.5, 0.6) is 0 Å². The van der Waals surface area contributed by atoms with Gasteiger partial charge in [-0.15, -0.1) is 11.3 Å². The van der Waals surface area contributed by atoms with Crippen LogP contribution in [0.2, 0.25) is 5.02 Å². The SMILES string of the molecule is Cc1ccccc1Cc1cnc(Nc2ccc(Cl)cc2)s1. The summed E-state index contributed by atoms with van der Waals surface area (Å²) in [6, 6.07) is 16.1. The molecule has 0 saturated heterocycles. The summed E-state index contributed by atoms with van der Waals surface area (Å²) in [6.45, 7) is 2.14. The van der Waals surface area contributed by atoms with Gasteiger partial charge < -0.3 is 5.32 Å². The third-order valence-corrected chi connectivity index (χ3v) is 4.44. The summed E-state index contributed by atoms with van der Waals surface area (Å²) in [7, 11) is 0. The Kier molecular flexibility index (Phi) is 4.23. The lowest BCUT2D eigenvalue weighted by Crippen LogP contribution is -1.88. The van der Waals surface area contributed by atoms with E-state index < -0.39 is 0 Å². The quantitative estimate of drug-likeness (QED) is 0.693. The summed E-state index contributed by atoms with van der Waals surface area (Å²) in [6.07, 6.45) is 2.86. The molecule has 1 heterocycles. The second kappa shape index (κ2) is 6.29. The van der Waals surface area contributed by atoms with Crippen molar-refractivity contribution in [2.24, 2.45) is 0 Å². The molecule has 0 amide bonds. The smallest absolute Gasteiger partial charge is 0.187 e. The molecule has 0 atom stereocenters. The van der Waals surface area contributed by atoms with E-state index in [2.05, 4.69) is 41.5 Å². The highest BCUT2D eigenvalue weighted by Crippen LogP contribution is 2.25. The standard InChI is InChI=1S/C17H15ClN2S/c1-12-4-2-3-5-13(12)10-16-11-19-17(21-16)20-15-8-6-14(18)7-9-15/h2-9,11H,10H2,1H3,(H,19,20). The molecule has 0 fully saturated rings. The Hall–Kier alpha value is -1.84. The molecule has 21 heavy (non-hydrogen) atoms. The number of aromatic nitrogens is 1. The molecule has 1 N–H and O–H groups in total. The molecule has 1 aromatic heterocycles. The molecule has 3 aromatic rings. The van der Waals surface area contributed by atoms with Crippen molar-refractivity contribution in [3.05, 3.63) is 75.8 Å². The maximum Gasteiger partial charge on any atom is 0.187 e. The second-order valence-corrected chi connectivity index (χ2v) is 6.42. The second-order valence-electron chi connectivity index (χ2n) is 4.87. The molecule has 0 radical (unpaired) electrons. The summed E-state index contributed by atoms with van der Waals surface area (Å²) < 4.78 is 0. The monoisotopic (exact) mass is 314 g/mol. The predicted molar refractivity (Wildman–Crippen MR) is 90.8 cm³/mol. The van der Waals surface area contributed by atoms with Crippen molar-refractivity contribution in [3.63, 3.8) is 0 Å². The van der Waals surface area contributed by atoms with Gasteiger partial charge in [-0.2, -0.15) is 0 Å². The van der Waals surface area contributed by atoms with E-state index in [1.165, 1.54) is 16.0 Å². The summed E-state index contributed by atoms with van der Waals surface area (Å²) in [4.78, 5) is 5.68. The van der Waals surface area contributed by atoms with Crippen molar-refractivity contribution in [1.29, 1.82) is 0 Å². The number of rotatable bonds is 4. The highest BCUT2D eigenvalue weighted by molar-refractivity contribution is 7.15. The van der Waals surface area contributed by atoms with Crippen LogP contribution >= 0.6 is 22.9 Å². The topological polar surface area (TPSA) is 24.9 Å². The lowest BCUT2D eigenvalue weighted by atomic mass is 10.1. The van der Waals surface area contributed by atoms with E-state index in [0.717, 1.165) is 22.3 Å². The third kappa shape index (κ3) is 3.63. The Balaban J connectivity index is 1.72. The Bertz CT molecular complexity index is 735. The summed E-state index contributed by atoms with van der Waals surface area (Å²) >= 11 is 7.56. The first-order valence-electron chi connectivity index (χ1n) is 6.72.